The number of aromatic nitrogens is 1. The van der Waals surface area contributed by atoms with Crippen molar-refractivity contribution in [1.29, 1.82) is 0 Å². The van der Waals surface area contributed by atoms with Crippen LogP contribution in [0.15, 0.2) is 34.9 Å². The molecule has 0 saturated heterocycles. The van der Waals surface area contributed by atoms with Crippen molar-refractivity contribution in [3.05, 3.63) is 42.0 Å². The smallest absolute Gasteiger partial charge is 0.360 e. The van der Waals surface area contributed by atoms with Crippen molar-refractivity contribution in [3.8, 4) is 0 Å². The zero-order valence-corrected chi connectivity index (χ0v) is 11.3. The number of para-hydroxylation sites is 1. The molecule has 2 rings (SSSR count). The minimum absolute atomic E-state index is 0.0663. The van der Waals surface area contributed by atoms with Crippen molar-refractivity contribution in [3.63, 3.8) is 0 Å². The molecule has 106 valence electrons. The van der Waals surface area contributed by atoms with Crippen molar-refractivity contribution >= 4 is 17.7 Å². The first-order valence-corrected chi connectivity index (χ1v) is 6.32. The maximum Gasteiger partial charge on any atom is 0.360 e. The van der Waals surface area contributed by atoms with E-state index in [1.165, 1.54) is 17.2 Å². The van der Waals surface area contributed by atoms with Crippen molar-refractivity contribution in [2.24, 2.45) is 0 Å². The van der Waals surface area contributed by atoms with E-state index in [0.717, 1.165) is 0 Å². The molecule has 0 radical (unpaired) electrons. The van der Waals surface area contributed by atoms with Gasteiger partial charge in [0.1, 0.15) is 12.1 Å². The second-order valence-corrected chi connectivity index (χ2v) is 3.93. The van der Waals surface area contributed by atoms with Crippen LogP contribution in [-0.4, -0.2) is 24.1 Å². The van der Waals surface area contributed by atoms with Gasteiger partial charge < -0.3 is 9.15 Å². The number of halogens is 1. The lowest BCUT2D eigenvalue weighted by Gasteiger charge is -2.18. The standard InChI is InChI=1S/C14H15FN2O3/c1-3-17(12-8-6-5-7-10(12)15)14-16-11(9-20-14)13(18)19-4-2/h5-9H,3-4H2,1-2H3. The number of hydrogen-bond acceptors (Lipinski definition) is 5. The van der Waals surface area contributed by atoms with E-state index in [0.29, 0.717) is 12.2 Å². The third-order valence-corrected chi connectivity index (χ3v) is 2.67. The molecule has 0 aliphatic rings. The monoisotopic (exact) mass is 278 g/mol. The van der Waals surface area contributed by atoms with E-state index in [9.17, 15) is 9.18 Å². The van der Waals surface area contributed by atoms with E-state index in [1.54, 1.807) is 25.1 Å². The minimum atomic E-state index is -0.563. The van der Waals surface area contributed by atoms with Crippen molar-refractivity contribution in [2.45, 2.75) is 13.8 Å². The average Bonchev–Trinajstić information content (AvgIpc) is 2.92. The highest BCUT2D eigenvalue weighted by atomic mass is 19.1. The van der Waals surface area contributed by atoms with Gasteiger partial charge in [-0.1, -0.05) is 12.1 Å². The number of rotatable bonds is 5. The number of benzene rings is 1. The van der Waals surface area contributed by atoms with E-state index in [1.807, 2.05) is 6.92 Å². The van der Waals surface area contributed by atoms with Gasteiger partial charge in [0.05, 0.1) is 12.3 Å². The van der Waals surface area contributed by atoms with E-state index < -0.39 is 5.97 Å². The van der Waals surface area contributed by atoms with Gasteiger partial charge in [-0.2, -0.15) is 4.98 Å². The molecular weight excluding hydrogens is 263 g/mol. The van der Waals surface area contributed by atoms with Gasteiger partial charge in [0.2, 0.25) is 0 Å². The predicted molar refractivity (Wildman–Crippen MR) is 71.5 cm³/mol. The highest BCUT2D eigenvalue weighted by Crippen LogP contribution is 2.26. The summed E-state index contributed by atoms with van der Waals surface area (Å²) in [5, 5.41) is 0. The molecule has 2 aromatic rings. The number of anilines is 2. The van der Waals surface area contributed by atoms with Gasteiger partial charge in [-0.3, -0.25) is 4.90 Å². The Kier molecular flexibility index (Phi) is 4.34. The average molecular weight is 278 g/mol. The number of esters is 1. The number of hydrogen-bond donors (Lipinski definition) is 0. The first-order chi connectivity index (χ1) is 9.67. The van der Waals surface area contributed by atoms with Gasteiger partial charge in [-0.05, 0) is 26.0 Å². The van der Waals surface area contributed by atoms with Crippen LogP contribution in [0.3, 0.4) is 0 Å². The molecule has 20 heavy (non-hydrogen) atoms. The largest absolute Gasteiger partial charge is 0.461 e. The Morgan fingerprint density at radius 1 is 1.40 bits per heavy atom. The Balaban J connectivity index is 2.29. The molecule has 0 aliphatic heterocycles. The summed E-state index contributed by atoms with van der Waals surface area (Å²) >= 11 is 0. The van der Waals surface area contributed by atoms with Crippen LogP contribution in [0.25, 0.3) is 0 Å². The molecule has 1 aromatic carbocycles. The number of carbonyl (C=O) groups excluding carboxylic acids is 1. The lowest BCUT2D eigenvalue weighted by Crippen LogP contribution is -2.18. The lowest BCUT2D eigenvalue weighted by molar-refractivity contribution is 0.0519. The molecule has 0 fully saturated rings. The SMILES string of the molecule is CCOC(=O)c1coc(N(CC)c2ccccc2F)n1. The van der Waals surface area contributed by atoms with Crippen LogP contribution in [0.4, 0.5) is 16.1 Å². The molecule has 0 bridgehead atoms. The van der Waals surface area contributed by atoms with Crippen LogP contribution in [-0.2, 0) is 4.74 Å². The summed E-state index contributed by atoms with van der Waals surface area (Å²) in [6.07, 6.45) is 1.21. The second-order valence-electron chi connectivity index (χ2n) is 3.93. The van der Waals surface area contributed by atoms with Gasteiger partial charge in [-0.25, -0.2) is 9.18 Å². The van der Waals surface area contributed by atoms with Crippen LogP contribution < -0.4 is 4.90 Å². The molecule has 0 N–H and O–H groups in total. The molecular formula is C14H15FN2O3. The fraction of sp³-hybridized carbons (Fsp3) is 0.286. The molecule has 1 heterocycles. The summed E-state index contributed by atoms with van der Waals surface area (Å²) in [4.78, 5) is 17.1. The Hall–Kier alpha value is -2.37. The summed E-state index contributed by atoms with van der Waals surface area (Å²) < 4.78 is 23.9. The minimum Gasteiger partial charge on any atom is -0.461 e. The van der Waals surface area contributed by atoms with Crippen LogP contribution in [0, 0.1) is 5.82 Å². The van der Waals surface area contributed by atoms with Gasteiger partial charge >= 0.3 is 12.0 Å². The molecule has 0 amide bonds. The summed E-state index contributed by atoms with van der Waals surface area (Å²) in [5.41, 5.74) is 0.406. The van der Waals surface area contributed by atoms with Gasteiger partial charge in [-0.15, -0.1) is 0 Å². The number of carbonyl (C=O) groups is 1. The topological polar surface area (TPSA) is 55.6 Å². The molecule has 0 aliphatic carbocycles. The zero-order chi connectivity index (χ0) is 14.5. The molecule has 5 nitrogen and oxygen atoms in total. The normalized spacial score (nSPS) is 10.3. The van der Waals surface area contributed by atoms with Crippen LogP contribution in [0.5, 0.6) is 0 Å². The predicted octanol–water partition coefficient (Wildman–Crippen LogP) is 3.15. The fourth-order valence-electron chi connectivity index (χ4n) is 1.77. The molecule has 0 atom stereocenters. The highest BCUT2D eigenvalue weighted by Gasteiger charge is 2.19. The summed E-state index contributed by atoms with van der Waals surface area (Å²) in [6, 6.07) is 6.45. The highest BCUT2D eigenvalue weighted by molar-refractivity contribution is 5.87. The molecule has 1 aromatic heterocycles. The Labute approximate surface area is 116 Å². The molecule has 0 unspecified atom stereocenters. The van der Waals surface area contributed by atoms with Crippen LogP contribution in [0.1, 0.15) is 24.3 Å². The fourth-order valence-corrected chi connectivity index (χ4v) is 1.77. The first kappa shape index (κ1) is 14.0. The molecule has 0 saturated carbocycles. The summed E-state index contributed by atoms with van der Waals surface area (Å²) in [5.74, 6) is -0.947. The third kappa shape index (κ3) is 2.79. The van der Waals surface area contributed by atoms with Gasteiger partial charge in [0, 0.05) is 6.54 Å². The number of ether oxygens (including phenoxy) is 1. The maximum atomic E-state index is 13.8. The van der Waals surface area contributed by atoms with Crippen LogP contribution in [0.2, 0.25) is 0 Å². The van der Waals surface area contributed by atoms with Gasteiger partial charge in [0.15, 0.2) is 5.69 Å². The van der Waals surface area contributed by atoms with Gasteiger partial charge in [0.25, 0.3) is 0 Å². The Morgan fingerprint density at radius 2 is 2.15 bits per heavy atom. The molecule has 6 heteroatoms. The lowest BCUT2D eigenvalue weighted by atomic mass is 10.3. The second kappa shape index (κ2) is 6.18. The van der Waals surface area contributed by atoms with E-state index in [-0.39, 0.29) is 24.1 Å². The van der Waals surface area contributed by atoms with Crippen molar-refractivity contribution < 1.29 is 18.3 Å². The quantitative estimate of drug-likeness (QED) is 0.786. The van der Waals surface area contributed by atoms with Crippen molar-refractivity contribution in [1.82, 2.24) is 4.98 Å². The van der Waals surface area contributed by atoms with E-state index in [2.05, 4.69) is 4.98 Å². The Morgan fingerprint density at radius 3 is 2.80 bits per heavy atom. The summed E-state index contributed by atoms with van der Waals surface area (Å²) in [7, 11) is 0. The number of nitrogens with zero attached hydrogens (tertiary/aromatic N) is 2. The summed E-state index contributed by atoms with van der Waals surface area (Å²) in [6.45, 7) is 4.24. The third-order valence-electron chi connectivity index (χ3n) is 2.67. The first-order valence-electron chi connectivity index (χ1n) is 6.32. The maximum absolute atomic E-state index is 13.8. The van der Waals surface area contributed by atoms with E-state index >= 15 is 0 Å². The van der Waals surface area contributed by atoms with Crippen LogP contribution >= 0.6 is 0 Å². The molecule has 0 spiro atoms. The van der Waals surface area contributed by atoms with E-state index in [4.69, 9.17) is 9.15 Å². The number of oxazole rings is 1. The van der Waals surface area contributed by atoms with Crippen molar-refractivity contribution in [2.75, 3.05) is 18.1 Å². The Bertz CT molecular complexity index is 598. The zero-order valence-electron chi connectivity index (χ0n) is 11.3.